The van der Waals surface area contributed by atoms with E-state index in [2.05, 4.69) is 15.6 Å². The number of thiazole rings is 1. The summed E-state index contributed by atoms with van der Waals surface area (Å²) in [6.07, 6.45) is 2.12. The van der Waals surface area contributed by atoms with Crippen molar-refractivity contribution in [2.75, 3.05) is 19.7 Å². The molecule has 1 fully saturated rings. The first-order chi connectivity index (χ1) is 8.58. The second-order valence-corrected chi connectivity index (χ2v) is 5.81. The van der Waals surface area contributed by atoms with Crippen LogP contribution in [0.15, 0.2) is 11.6 Å². The van der Waals surface area contributed by atoms with Crippen molar-refractivity contribution >= 4 is 42.1 Å². The Morgan fingerprint density at radius 3 is 2.90 bits per heavy atom. The topological polar surface area (TPSA) is 63.2 Å². The molecule has 2 heterocycles. The van der Waals surface area contributed by atoms with Crippen LogP contribution < -0.4 is 10.6 Å². The highest BCUT2D eigenvalue weighted by molar-refractivity contribution is 7.09. The van der Waals surface area contributed by atoms with Crippen molar-refractivity contribution in [3.8, 4) is 0 Å². The van der Waals surface area contributed by atoms with Gasteiger partial charge in [0.2, 0.25) is 5.91 Å². The Bertz CT molecular complexity index is 395. The molecule has 2 rings (SSSR count). The van der Waals surface area contributed by atoms with E-state index in [1.807, 2.05) is 19.2 Å². The SMILES string of the molecule is CC(C)(NC(=O)CC1CNCCO1)c1nccs1.Cl.Cl. The Balaban J connectivity index is 0.00000180. The fourth-order valence-electron chi connectivity index (χ4n) is 1.94. The van der Waals surface area contributed by atoms with Gasteiger partial charge in [-0.2, -0.15) is 0 Å². The zero-order chi connectivity index (χ0) is 13.0. The molecule has 20 heavy (non-hydrogen) atoms. The molecule has 1 atom stereocenters. The lowest BCUT2D eigenvalue weighted by molar-refractivity contribution is -0.126. The second kappa shape index (κ2) is 8.79. The molecule has 0 bridgehead atoms. The Hall–Kier alpha value is -0.400. The van der Waals surface area contributed by atoms with Crippen LogP contribution in [-0.4, -0.2) is 36.7 Å². The zero-order valence-corrected chi connectivity index (χ0v) is 14.0. The molecule has 0 aromatic carbocycles. The first-order valence-electron chi connectivity index (χ1n) is 6.11. The van der Waals surface area contributed by atoms with Crippen molar-refractivity contribution in [1.82, 2.24) is 15.6 Å². The lowest BCUT2D eigenvalue weighted by atomic mass is 10.1. The molecule has 1 amide bonds. The third kappa shape index (κ3) is 5.54. The molecule has 116 valence electrons. The maximum Gasteiger partial charge on any atom is 0.223 e. The molecule has 1 unspecified atom stereocenters. The van der Waals surface area contributed by atoms with Gasteiger partial charge in [-0.3, -0.25) is 4.79 Å². The number of morpholine rings is 1. The Morgan fingerprint density at radius 2 is 2.35 bits per heavy atom. The molecule has 1 aromatic rings. The fraction of sp³-hybridized carbons (Fsp3) is 0.667. The van der Waals surface area contributed by atoms with E-state index in [0.29, 0.717) is 13.0 Å². The first kappa shape index (κ1) is 19.6. The first-order valence-corrected chi connectivity index (χ1v) is 6.99. The van der Waals surface area contributed by atoms with E-state index in [-0.39, 0.29) is 36.8 Å². The minimum atomic E-state index is -0.423. The van der Waals surface area contributed by atoms with Gasteiger partial charge in [0.15, 0.2) is 0 Å². The predicted octanol–water partition coefficient (Wildman–Crippen LogP) is 1.72. The number of hydrogen-bond acceptors (Lipinski definition) is 5. The summed E-state index contributed by atoms with van der Waals surface area (Å²) in [6, 6.07) is 0. The van der Waals surface area contributed by atoms with Crippen molar-refractivity contribution in [3.63, 3.8) is 0 Å². The zero-order valence-electron chi connectivity index (χ0n) is 11.5. The number of rotatable bonds is 4. The van der Waals surface area contributed by atoms with Gasteiger partial charge in [0.05, 0.1) is 24.7 Å². The molecular formula is C12H21Cl2N3O2S. The molecule has 8 heteroatoms. The Labute approximate surface area is 135 Å². The van der Waals surface area contributed by atoms with E-state index < -0.39 is 5.54 Å². The van der Waals surface area contributed by atoms with Crippen LogP contribution in [0.2, 0.25) is 0 Å². The summed E-state index contributed by atoms with van der Waals surface area (Å²) >= 11 is 1.55. The fourth-order valence-corrected chi connectivity index (χ4v) is 2.66. The summed E-state index contributed by atoms with van der Waals surface area (Å²) in [5.74, 6) is 0.00361. The molecular weight excluding hydrogens is 321 g/mol. The number of carbonyl (C=O) groups is 1. The van der Waals surface area contributed by atoms with E-state index >= 15 is 0 Å². The highest BCUT2D eigenvalue weighted by atomic mass is 35.5. The second-order valence-electron chi connectivity index (χ2n) is 4.91. The van der Waals surface area contributed by atoms with Crippen molar-refractivity contribution in [2.24, 2.45) is 0 Å². The van der Waals surface area contributed by atoms with Crippen LogP contribution >= 0.6 is 36.2 Å². The third-order valence-electron chi connectivity index (χ3n) is 2.84. The van der Waals surface area contributed by atoms with E-state index in [1.165, 1.54) is 0 Å². The van der Waals surface area contributed by atoms with Crippen LogP contribution in [0, 0.1) is 0 Å². The smallest absolute Gasteiger partial charge is 0.223 e. The molecule has 1 aliphatic rings. The highest BCUT2D eigenvalue weighted by Crippen LogP contribution is 2.22. The lowest BCUT2D eigenvalue weighted by Crippen LogP contribution is -2.45. The van der Waals surface area contributed by atoms with Crippen LogP contribution in [0.1, 0.15) is 25.3 Å². The monoisotopic (exact) mass is 341 g/mol. The average molecular weight is 342 g/mol. The van der Waals surface area contributed by atoms with Crippen molar-refractivity contribution in [2.45, 2.75) is 31.9 Å². The molecule has 0 radical (unpaired) electrons. The minimum absolute atomic E-state index is 0. The summed E-state index contributed by atoms with van der Waals surface area (Å²) < 4.78 is 5.52. The molecule has 1 aliphatic heterocycles. The van der Waals surface area contributed by atoms with Gasteiger partial charge in [-0.25, -0.2) is 4.98 Å². The molecule has 1 saturated heterocycles. The number of amides is 1. The van der Waals surface area contributed by atoms with Gasteiger partial charge in [0, 0.05) is 24.7 Å². The highest BCUT2D eigenvalue weighted by Gasteiger charge is 2.27. The lowest BCUT2D eigenvalue weighted by Gasteiger charge is -2.27. The standard InChI is InChI=1S/C12H19N3O2S.2ClH/c1-12(2,11-14-4-6-18-11)15-10(16)7-9-8-13-3-5-17-9;;/h4,6,9,13H,3,5,7-8H2,1-2H3,(H,15,16);2*1H. The summed E-state index contributed by atoms with van der Waals surface area (Å²) in [5.41, 5.74) is -0.423. The van der Waals surface area contributed by atoms with Crippen LogP contribution in [0.4, 0.5) is 0 Å². The van der Waals surface area contributed by atoms with E-state index in [1.54, 1.807) is 17.5 Å². The number of aromatic nitrogens is 1. The predicted molar refractivity (Wildman–Crippen MR) is 85.0 cm³/mol. The summed E-state index contributed by atoms with van der Waals surface area (Å²) in [4.78, 5) is 16.2. The number of hydrogen-bond donors (Lipinski definition) is 2. The average Bonchev–Trinajstić information content (AvgIpc) is 2.83. The minimum Gasteiger partial charge on any atom is -0.375 e. The van der Waals surface area contributed by atoms with Gasteiger partial charge in [-0.1, -0.05) is 0 Å². The number of ether oxygens (including phenoxy) is 1. The van der Waals surface area contributed by atoms with Crippen LogP contribution in [0.3, 0.4) is 0 Å². The van der Waals surface area contributed by atoms with E-state index in [4.69, 9.17) is 4.74 Å². The van der Waals surface area contributed by atoms with Crippen molar-refractivity contribution in [1.29, 1.82) is 0 Å². The number of halogens is 2. The summed E-state index contributed by atoms with van der Waals surface area (Å²) in [6.45, 7) is 6.20. The van der Waals surface area contributed by atoms with E-state index in [0.717, 1.165) is 18.1 Å². The van der Waals surface area contributed by atoms with Gasteiger partial charge in [0.1, 0.15) is 5.01 Å². The Kier molecular flexibility index (Phi) is 8.62. The van der Waals surface area contributed by atoms with Crippen molar-refractivity contribution in [3.05, 3.63) is 16.6 Å². The van der Waals surface area contributed by atoms with E-state index in [9.17, 15) is 4.79 Å². The maximum absolute atomic E-state index is 12.0. The van der Waals surface area contributed by atoms with Crippen molar-refractivity contribution < 1.29 is 9.53 Å². The van der Waals surface area contributed by atoms with Gasteiger partial charge < -0.3 is 15.4 Å². The molecule has 5 nitrogen and oxygen atoms in total. The number of nitrogens with zero attached hydrogens (tertiary/aromatic N) is 1. The maximum atomic E-state index is 12.0. The molecule has 0 aliphatic carbocycles. The Morgan fingerprint density at radius 1 is 1.60 bits per heavy atom. The van der Waals surface area contributed by atoms with Crippen LogP contribution in [0.5, 0.6) is 0 Å². The third-order valence-corrected chi connectivity index (χ3v) is 3.93. The number of carbonyl (C=O) groups excluding carboxylic acids is 1. The van der Waals surface area contributed by atoms with Crippen LogP contribution in [0.25, 0.3) is 0 Å². The molecule has 0 spiro atoms. The summed E-state index contributed by atoms with van der Waals surface area (Å²) in [5, 5.41) is 9.05. The van der Waals surface area contributed by atoms with Gasteiger partial charge >= 0.3 is 0 Å². The van der Waals surface area contributed by atoms with Gasteiger partial charge in [-0.05, 0) is 13.8 Å². The largest absolute Gasteiger partial charge is 0.375 e. The molecule has 2 N–H and O–H groups in total. The summed E-state index contributed by atoms with van der Waals surface area (Å²) in [7, 11) is 0. The number of nitrogens with one attached hydrogen (secondary N) is 2. The van der Waals surface area contributed by atoms with Gasteiger partial charge in [-0.15, -0.1) is 36.2 Å². The van der Waals surface area contributed by atoms with Gasteiger partial charge in [0.25, 0.3) is 0 Å². The molecule has 1 aromatic heterocycles. The quantitative estimate of drug-likeness (QED) is 0.875. The molecule has 0 saturated carbocycles. The van der Waals surface area contributed by atoms with Crippen LogP contribution in [-0.2, 0) is 15.1 Å². The normalized spacial score (nSPS) is 18.6.